The summed E-state index contributed by atoms with van der Waals surface area (Å²) < 4.78 is 31.5. The fourth-order valence-electron chi connectivity index (χ4n) is 5.02. The third-order valence-electron chi connectivity index (χ3n) is 7.05. The topological polar surface area (TPSA) is 104 Å². The molecule has 2 fully saturated rings. The zero-order chi connectivity index (χ0) is 26.4. The maximum Gasteiger partial charge on any atom is 0.412 e. The van der Waals surface area contributed by atoms with Gasteiger partial charge in [0.15, 0.2) is 9.84 Å². The second-order valence-corrected chi connectivity index (χ2v) is 13.1. The number of hydrogen-bond acceptors (Lipinski definition) is 6. The molecule has 3 aromatic rings. The van der Waals surface area contributed by atoms with Crippen LogP contribution in [0.15, 0.2) is 42.5 Å². The number of anilines is 2. The third-order valence-corrected chi connectivity index (χ3v) is 8.66. The molecule has 37 heavy (non-hydrogen) atoms. The number of fused-ring (bicyclic) bond motifs is 1. The first-order valence-corrected chi connectivity index (χ1v) is 14.5. The molecule has 2 aliphatic rings. The second-order valence-electron chi connectivity index (χ2n) is 10.8. The van der Waals surface area contributed by atoms with Crippen LogP contribution in [0.5, 0.6) is 0 Å². The molecule has 0 bridgehead atoms. The van der Waals surface area contributed by atoms with E-state index < -0.39 is 21.5 Å². The maximum atomic E-state index is 12.2. The van der Waals surface area contributed by atoms with Crippen LogP contribution < -0.4 is 10.2 Å². The monoisotopic (exact) mass is 520 g/mol. The van der Waals surface area contributed by atoms with Crippen LogP contribution in [0.4, 0.5) is 16.2 Å². The molecule has 194 valence electrons. The predicted molar refractivity (Wildman–Crippen MR) is 146 cm³/mol. The highest BCUT2D eigenvalue weighted by molar-refractivity contribution is 7.91. The summed E-state index contributed by atoms with van der Waals surface area (Å²) in [7, 11) is -2.97. The van der Waals surface area contributed by atoms with Crippen molar-refractivity contribution in [2.45, 2.75) is 51.7 Å². The fraction of sp³-hybridized carbons (Fsp3) is 0.429. The Morgan fingerprint density at radius 3 is 2.32 bits per heavy atom. The number of nitrogens with one attached hydrogen (secondary N) is 1. The number of nitrogens with zero attached hydrogens (tertiary/aromatic N) is 3. The van der Waals surface area contributed by atoms with Crippen LogP contribution in [0.1, 0.15) is 51.6 Å². The van der Waals surface area contributed by atoms with Gasteiger partial charge in [0.05, 0.1) is 28.3 Å². The summed E-state index contributed by atoms with van der Waals surface area (Å²) in [5, 5.41) is 13.9. The molecule has 0 atom stereocenters. The van der Waals surface area contributed by atoms with Gasteiger partial charge in [-0.15, -0.1) is 0 Å². The zero-order valence-corrected chi connectivity index (χ0v) is 22.3. The average molecular weight is 521 g/mol. The Kier molecular flexibility index (Phi) is 6.40. The van der Waals surface area contributed by atoms with E-state index in [-0.39, 0.29) is 11.5 Å². The molecule has 1 saturated heterocycles. The molecule has 0 radical (unpaired) electrons. The van der Waals surface area contributed by atoms with E-state index in [2.05, 4.69) is 26.9 Å². The van der Waals surface area contributed by atoms with Crippen LogP contribution in [-0.4, -0.2) is 49.3 Å². The van der Waals surface area contributed by atoms with Gasteiger partial charge in [0.1, 0.15) is 11.7 Å². The van der Waals surface area contributed by atoms with Crippen LogP contribution in [0.2, 0.25) is 0 Å². The minimum Gasteiger partial charge on any atom is -0.444 e. The smallest absolute Gasteiger partial charge is 0.412 e. The van der Waals surface area contributed by atoms with Crippen LogP contribution in [0, 0.1) is 11.3 Å². The number of amides is 1. The molecular formula is C28H32N4O4S. The number of carbonyl (C=O) groups excluding carboxylic acids is 1. The van der Waals surface area contributed by atoms with Crippen molar-refractivity contribution in [2.24, 2.45) is 0 Å². The second kappa shape index (κ2) is 9.42. The van der Waals surface area contributed by atoms with Gasteiger partial charge in [-0.1, -0.05) is 12.1 Å². The number of ether oxygens (including phenoxy) is 1. The summed E-state index contributed by atoms with van der Waals surface area (Å²) in [6.07, 6.45) is 2.73. The van der Waals surface area contributed by atoms with E-state index in [1.54, 1.807) is 0 Å². The lowest BCUT2D eigenvalue weighted by molar-refractivity contribution is 0.0636. The van der Waals surface area contributed by atoms with Gasteiger partial charge in [-0.25, -0.2) is 13.2 Å². The Bertz CT molecular complexity index is 1480. The lowest BCUT2D eigenvalue weighted by Crippen LogP contribution is -2.40. The molecule has 2 aromatic carbocycles. The molecule has 1 amide bonds. The summed E-state index contributed by atoms with van der Waals surface area (Å²) in [5.41, 5.74) is 4.42. The first-order valence-electron chi connectivity index (χ1n) is 12.7. The Labute approximate surface area is 217 Å². The van der Waals surface area contributed by atoms with Crippen molar-refractivity contribution in [2.75, 3.05) is 34.8 Å². The number of rotatable bonds is 4. The molecule has 0 spiro atoms. The summed E-state index contributed by atoms with van der Waals surface area (Å²) in [6.45, 7) is 6.40. The highest BCUT2D eigenvalue weighted by Crippen LogP contribution is 2.43. The van der Waals surface area contributed by atoms with Gasteiger partial charge >= 0.3 is 6.09 Å². The molecule has 0 unspecified atom stereocenters. The predicted octanol–water partition coefficient (Wildman–Crippen LogP) is 5.49. The van der Waals surface area contributed by atoms with Crippen molar-refractivity contribution in [3.05, 3.63) is 48.0 Å². The van der Waals surface area contributed by atoms with Crippen molar-refractivity contribution in [3.63, 3.8) is 0 Å². The van der Waals surface area contributed by atoms with Crippen molar-refractivity contribution < 1.29 is 17.9 Å². The van der Waals surface area contributed by atoms with Gasteiger partial charge in [-0.3, -0.25) is 5.32 Å². The minimum absolute atomic E-state index is 0.160. The number of carbonyl (C=O) groups is 1. The summed E-state index contributed by atoms with van der Waals surface area (Å²) in [5.74, 6) is 0.320. The van der Waals surface area contributed by atoms with Crippen LogP contribution >= 0.6 is 0 Å². The lowest BCUT2D eigenvalue weighted by Gasteiger charge is -2.31. The molecule has 1 aliphatic heterocycles. The largest absolute Gasteiger partial charge is 0.444 e. The van der Waals surface area contributed by atoms with Crippen molar-refractivity contribution in [3.8, 4) is 17.3 Å². The molecule has 1 saturated carbocycles. The lowest BCUT2D eigenvalue weighted by atomic mass is 9.92. The van der Waals surface area contributed by atoms with E-state index in [0.717, 1.165) is 47.1 Å². The van der Waals surface area contributed by atoms with E-state index in [4.69, 9.17) is 4.74 Å². The summed E-state index contributed by atoms with van der Waals surface area (Å²) >= 11 is 0. The summed E-state index contributed by atoms with van der Waals surface area (Å²) in [4.78, 5) is 14.3. The SMILES string of the molecule is CC(C)(C)OC(=O)Nc1ccc(-c2c(C#N)c3ccc(N4CCS(=O)(=O)CC4)cc3n2C2CCC2)cc1. The number of aromatic nitrogens is 1. The van der Waals surface area contributed by atoms with Crippen LogP contribution in [0.3, 0.4) is 0 Å². The maximum absolute atomic E-state index is 12.2. The van der Waals surface area contributed by atoms with E-state index in [1.165, 1.54) is 0 Å². The normalized spacial score (nSPS) is 17.7. The first-order chi connectivity index (χ1) is 17.5. The molecule has 8 nitrogen and oxygen atoms in total. The van der Waals surface area contributed by atoms with Crippen molar-refractivity contribution in [1.29, 1.82) is 5.26 Å². The van der Waals surface area contributed by atoms with Crippen LogP contribution in [0.25, 0.3) is 22.2 Å². The van der Waals surface area contributed by atoms with Gasteiger partial charge in [0, 0.05) is 35.9 Å². The summed E-state index contributed by atoms with van der Waals surface area (Å²) in [6, 6.07) is 16.3. The van der Waals surface area contributed by atoms with Crippen molar-refractivity contribution >= 4 is 38.2 Å². The van der Waals surface area contributed by atoms with Gasteiger partial charge < -0.3 is 14.2 Å². The quantitative estimate of drug-likeness (QED) is 0.488. The Hall–Kier alpha value is -3.51. The fourth-order valence-corrected chi connectivity index (χ4v) is 6.22. The molecule has 2 heterocycles. The highest BCUT2D eigenvalue weighted by atomic mass is 32.2. The highest BCUT2D eigenvalue weighted by Gasteiger charge is 2.29. The van der Waals surface area contributed by atoms with E-state index >= 15 is 0 Å². The zero-order valence-electron chi connectivity index (χ0n) is 21.5. The minimum atomic E-state index is -2.97. The van der Waals surface area contributed by atoms with E-state index in [0.29, 0.717) is 30.4 Å². The third kappa shape index (κ3) is 5.16. The molecule has 1 aliphatic carbocycles. The van der Waals surface area contributed by atoms with E-state index in [1.807, 2.05) is 57.2 Å². The molecule has 1 N–H and O–H groups in total. The van der Waals surface area contributed by atoms with Gasteiger partial charge in [0.2, 0.25) is 0 Å². The first kappa shape index (κ1) is 25.2. The number of sulfone groups is 1. The van der Waals surface area contributed by atoms with Crippen LogP contribution in [-0.2, 0) is 14.6 Å². The molecule has 1 aromatic heterocycles. The number of nitriles is 1. The van der Waals surface area contributed by atoms with Crippen molar-refractivity contribution in [1.82, 2.24) is 4.57 Å². The number of hydrogen-bond donors (Lipinski definition) is 1. The standard InChI is InChI=1S/C28H32N4O4S/c1-28(2,3)36-27(33)30-20-9-7-19(8-10-20)26-24(18-29)23-12-11-22(31-13-15-37(34,35)16-14-31)17-25(23)32(26)21-5-4-6-21/h7-12,17,21H,4-6,13-16H2,1-3H3,(H,30,33). The average Bonchev–Trinajstić information content (AvgIpc) is 3.10. The van der Waals surface area contributed by atoms with E-state index in [9.17, 15) is 18.5 Å². The Balaban J connectivity index is 1.53. The Morgan fingerprint density at radius 2 is 1.76 bits per heavy atom. The number of benzene rings is 2. The molecular weight excluding hydrogens is 488 g/mol. The van der Waals surface area contributed by atoms with Gasteiger partial charge in [0.25, 0.3) is 0 Å². The van der Waals surface area contributed by atoms with Gasteiger partial charge in [-0.2, -0.15) is 5.26 Å². The molecule has 5 rings (SSSR count). The molecule has 9 heteroatoms. The Morgan fingerprint density at radius 1 is 1.08 bits per heavy atom. The van der Waals surface area contributed by atoms with Gasteiger partial charge in [-0.05, 0) is 75.9 Å².